The highest BCUT2D eigenvalue weighted by atomic mass is 15.2. The second-order valence-electron chi connectivity index (χ2n) is 36.4. The summed E-state index contributed by atoms with van der Waals surface area (Å²) in [4.78, 5) is 52.4. The molecule has 15 nitrogen and oxygen atoms in total. The van der Waals surface area contributed by atoms with Crippen LogP contribution in [-0.4, -0.2) is 58.6 Å². The van der Waals surface area contributed by atoms with Gasteiger partial charge in [-0.05, 0) is 167 Å². The normalized spacial score (nSPS) is 11.2. The Bertz CT molecular complexity index is 9180. The Hall–Kier alpha value is -20.6. The quantitative estimate of drug-likeness (QED) is 0.0676. The van der Waals surface area contributed by atoms with Crippen molar-refractivity contribution in [1.82, 2.24) is 58.6 Å². The van der Waals surface area contributed by atoms with Gasteiger partial charge in [0.25, 0.3) is 0 Å². The number of rotatable bonds is 21. The lowest BCUT2D eigenvalue weighted by molar-refractivity contribution is 0.953. The molecule has 0 spiro atoms. The van der Waals surface area contributed by atoms with Crippen LogP contribution < -0.4 is 14.7 Å². The summed E-state index contributed by atoms with van der Waals surface area (Å²) in [6.45, 7) is 0. The average molecular weight is 1930 g/mol. The van der Waals surface area contributed by atoms with Crippen LogP contribution in [0.5, 0.6) is 0 Å². The van der Waals surface area contributed by atoms with E-state index < -0.39 is 0 Å². The first-order valence-electron chi connectivity index (χ1n) is 50.1. The van der Waals surface area contributed by atoms with Gasteiger partial charge in [0, 0.05) is 117 Å². The van der Waals surface area contributed by atoms with Gasteiger partial charge in [-0.3, -0.25) is 13.7 Å². The van der Waals surface area contributed by atoms with Gasteiger partial charge < -0.3 is 14.7 Å². The van der Waals surface area contributed by atoms with Gasteiger partial charge in [0.2, 0.25) is 17.8 Å². The van der Waals surface area contributed by atoms with Gasteiger partial charge in [0.05, 0.1) is 38.8 Å². The van der Waals surface area contributed by atoms with E-state index in [0.29, 0.717) is 52.8 Å². The van der Waals surface area contributed by atoms with Crippen LogP contribution in [0.25, 0.3) is 185 Å². The highest BCUT2D eigenvalue weighted by molar-refractivity contribution is 6.11. The van der Waals surface area contributed by atoms with Crippen molar-refractivity contribution in [3.8, 4) is 120 Å². The molecule has 708 valence electrons. The second kappa shape index (κ2) is 41.1. The first kappa shape index (κ1) is 90.7. The lowest BCUT2D eigenvalue weighted by Crippen LogP contribution is -2.10. The minimum atomic E-state index is 0.585. The average Bonchev–Trinajstić information content (AvgIpc) is 1.59. The van der Waals surface area contributed by atoms with Gasteiger partial charge >= 0.3 is 0 Å². The molecule has 0 saturated carbocycles. The zero-order valence-electron chi connectivity index (χ0n) is 81.4. The Morgan fingerprint density at radius 2 is 0.320 bits per heavy atom. The molecular formula is C135H93N15. The summed E-state index contributed by atoms with van der Waals surface area (Å²) in [5, 5.41) is 6.98. The number of para-hydroxylation sites is 13. The van der Waals surface area contributed by atoms with Crippen molar-refractivity contribution in [3.05, 3.63) is 564 Å². The zero-order chi connectivity index (χ0) is 99.8. The van der Waals surface area contributed by atoms with Gasteiger partial charge in [-0.1, -0.05) is 425 Å². The molecule has 6 aromatic heterocycles. The molecule has 15 heteroatoms. The van der Waals surface area contributed by atoms with Crippen molar-refractivity contribution in [3.63, 3.8) is 0 Å². The van der Waals surface area contributed by atoms with Gasteiger partial charge in [-0.2, -0.15) is 29.9 Å². The van der Waals surface area contributed by atoms with Gasteiger partial charge in [-0.15, -0.1) is 0 Å². The van der Waals surface area contributed by atoms with E-state index in [-0.39, 0.29) is 0 Å². The SMILES string of the molecule is c1ccc(-c2nc(-c3ccc(-c4ccc(N(c5ccccc5)c5ccccc5)cc4)cc3)nc(-n3c4ccccc4c4ccccc43)n2)cc1.c1ccc(-c2nc(-c3ccc(-c4cccc(N(c5ccccc5)c5ccccc5)c4)cc3)nc(-n3c4ccccc4c4ccccc43)n2)cc1.c1ccc(-c2nc(-c3ccc(-c4ccccc4N(c4ccccc4)c4ccccc4)cc3)nc(-n3c4ccccc4c4ccccc43)n2)cc1. The molecule has 6 heterocycles. The van der Waals surface area contributed by atoms with Crippen molar-refractivity contribution < 1.29 is 0 Å². The van der Waals surface area contributed by atoms with E-state index in [1.54, 1.807) is 0 Å². The number of aromatic nitrogens is 12. The summed E-state index contributed by atoms with van der Waals surface area (Å²) in [6, 6.07) is 195. The van der Waals surface area contributed by atoms with Crippen molar-refractivity contribution in [2.45, 2.75) is 0 Å². The molecule has 0 radical (unpaired) electrons. The minimum Gasteiger partial charge on any atom is -0.311 e. The third-order valence-corrected chi connectivity index (χ3v) is 27.2. The molecule has 150 heavy (non-hydrogen) atoms. The monoisotopic (exact) mass is 1920 g/mol. The number of benzene rings is 21. The molecular weight excluding hydrogens is 1830 g/mol. The van der Waals surface area contributed by atoms with Crippen LogP contribution in [0.3, 0.4) is 0 Å². The molecule has 21 aromatic carbocycles. The highest BCUT2D eigenvalue weighted by Crippen LogP contribution is 2.45. The van der Waals surface area contributed by atoms with E-state index in [1.165, 1.54) is 0 Å². The summed E-state index contributed by atoms with van der Waals surface area (Å²) in [7, 11) is 0. The number of nitrogens with zero attached hydrogens (tertiary/aromatic N) is 15. The number of hydrogen-bond acceptors (Lipinski definition) is 12. The maximum absolute atomic E-state index is 5.13. The molecule has 0 aliphatic carbocycles. The number of fused-ring (bicyclic) bond motifs is 9. The van der Waals surface area contributed by atoms with Crippen LogP contribution in [0.2, 0.25) is 0 Å². The Labute approximate surface area is 867 Å². The standard InChI is InChI=1S/3C45H31N5/c1-4-16-33(17-5-1)43-46-44(48-45(47-43)50-41-26-14-11-23-38(41)39-24-12-15-27-42(39)50)34-30-28-32(29-31-34)37-22-10-13-25-40(37)49(35-18-6-2-7-19-35)36-20-8-3-9-21-36;1-4-15-33(16-5-1)43-46-44(48-45(47-43)50-41-25-12-10-23-39(41)40-24-11-13-26-42(40)50)34-29-27-32(28-30-34)35-17-14-22-38(31-35)49(36-18-6-2-7-19-36)37-20-8-3-9-21-37;1-4-14-34(15-5-1)43-46-44(48-45(47-43)50-41-22-12-10-20-39(41)40-21-11-13-23-42(40)50)35-26-24-32(25-27-35)33-28-30-38(31-29-33)49(36-16-6-2-7-17-36)37-18-8-3-9-19-37/h3*1-31H. The van der Waals surface area contributed by atoms with Crippen LogP contribution in [0.15, 0.2) is 564 Å². The van der Waals surface area contributed by atoms with Crippen LogP contribution in [-0.2, 0) is 0 Å². The molecule has 0 N–H and O–H groups in total. The lowest BCUT2D eigenvalue weighted by atomic mass is 10.0. The highest BCUT2D eigenvalue weighted by Gasteiger charge is 2.26. The Balaban J connectivity index is 0.000000116. The van der Waals surface area contributed by atoms with E-state index in [4.69, 9.17) is 44.9 Å². The van der Waals surface area contributed by atoms with E-state index in [0.717, 1.165) is 183 Å². The van der Waals surface area contributed by atoms with E-state index in [1.807, 2.05) is 127 Å². The van der Waals surface area contributed by atoms with Crippen LogP contribution >= 0.6 is 0 Å². The van der Waals surface area contributed by atoms with Crippen LogP contribution in [0.4, 0.5) is 51.2 Å². The molecule has 27 aromatic rings. The summed E-state index contributed by atoms with van der Waals surface area (Å²) in [5.41, 5.74) is 28.5. The van der Waals surface area contributed by atoms with Crippen LogP contribution in [0.1, 0.15) is 0 Å². The molecule has 0 atom stereocenters. The molecule has 27 rings (SSSR count). The Morgan fingerprint density at radius 1 is 0.127 bits per heavy atom. The predicted octanol–water partition coefficient (Wildman–Crippen LogP) is 34.3. The smallest absolute Gasteiger partial charge is 0.238 e. The topological polar surface area (TPSA) is 141 Å². The van der Waals surface area contributed by atoms with Crippen molar-refractivity contribution >= 4 is 117 Å². The van der Waals surface area contributed by atoms with Gasteiger partial charge in [-0.25, -0.2) is 15.0 Å². The second-order valence-corrected chi connectivity index (χ2v) is 36.4. The first-order chi connectivity index (χ1) is 74.4. The summed E-state index contributed by atoms with van der Waals surface area (Å²) < 4.78 is 6.44. The summed E-state index contributed by atoms with van der Waals surface area (Å²) >= 11 is 0. The summed E-state index contributed by atoms with van der Waals surface area (Å²) in [6.07, 6.45) is 0. The fourth-order valence-corrected chi connectivity index (χ4v) is 20.1. The minimum absolute atomic E-state index is 0.585. The maximum atomic E-state index is 5.13. The lowest BCUT2D eigenvalue weighted by Gasteiger charge is -2.27. The maximum Gasteiger partial charge on any atom is 0.238 e. The largest absolute Gasteiger partial charge is 0.311 e. The molecule has 0 fully saturated rings. The molecule has 0 aliphatic rings. The molecule has 0 saturated heterocycles. The van der Waals surface area contributed by atoms with Crippen molar-refractivity contribution in [2.24, 2.45) is 0 Å². The molecule has 0 bridgehead atoms. The Kier molecular flexibility index (Phi) is 24.8. The molecule has 0 amide bonds. The molecule has 0 unspecified atom stereocenters. The van der Waals surface area contributed by atoms with E-state index >= 15 is 0 Å². The fraction of sp³-hybridized carbons (Fsp3) is 0. The number of hydrogen-bond donors (Lipinski definition) is 0. The molecule has 0 aliphatic heterocycles. The number of anilines is 9. The van der Waals surface area contributed by atoms with Gasteiger partial charge in [0.15, 0.2) is 34.9 Å². The summed E-state index contributed by atoms with van der Waals surface area (Å²) in [5.74, 6) is 5.52. The zero-order valence-corrected chi connectivity index (χ0v) is 81.4. The third kappa shape index (κ3) is 18.2. The Morgan fingerprint density at radius 3 is 0.613 bits per heavy atom. The van der Waals surface area contributed by atoms with Gasteiger partial charge in [0.1, 0.15) is 0 Å². The predicted molar refractivity (Wildman–Crippen MR) is 615 cm³/mol. The van der Waals surface area contributed by atoms with Crippen molar-refractivity contribution in [2.75, 3.05) is 14.7 Å². The van der Waals surface area contributed by atoms with E-state index in [9.17, 15) is 0 Å². The first-order valence-corrected chi connectivity index (χ1v) is 50.1. The van der Waals surface area contributed by atoms with Crippen molar-refractivity contribution in [1.29, 1.82) is 0 Å². The van der Waals surface area contributed by atoms with Crippen LogP contribution in [0, 0.1) is 0 Å². The third-order valence-electron chi connectivity index (χ3n) is 27.2. The fourth-order valence-electron chi connectivity index (χ4n) is 20.1. The van der Waals surface area contributed by atoms with E-state index in [2.05, 4.69) is 465 Å².